The summed E-state index contributed by atoms with van der Waals surface area (Å²) >= 11 is 0. The number of hydrogen-bond acceptors (Lipinski definition) is 4. The van der Waals surface area contributed by atoms with Crippen LogP contribution in [0.3, 0.4) is 0 Å². The van der Waals surface area contributed by atoms with Crippen LogP contribution in [-0.2, 0) is 10.0 Å². The fraction of sp³-hybridized carbons (Fsp3) is 0.250. The Labute approximate surface area is 93.3 Å². The molecule has 16 heavy (non-hydrogen) atoms. The van der Waals surface area contributed by atoms with Crippen LogP contribution in [0.1, 0.15) is 0 Å². The van der Waals surface area contributed by atoms with E-state index in [2.05, 4.69) is 0 Å². The monoisotopic (exact) mass is 247 g/mol. The molecule has 0 heterocycles. The van der Waals surface area contributed by atoms with E-state index >= 15 is 0 Å². The molecule has 0 aliphatic heterocycles. The van der Waals surface area contributed by atoms with Crippen molar-refractivity contribution in [2.24, 2.45) is 0 Å². The van der Waals surface area contributed by atoms with E-state index in [1.54, 1.807) is 0 Å². The lowest BCUT2D eigenvalue weighted by atomic mass is 9.80. The molecule has 2 N–H and O–H groups in total. The van der Waals surface area contributed by atoms with Crippen LogP contribution < -0.4 is 5.46 Å². The van der Waals surface area contributed by atoms with Gasteiger partial charge in [0.15, 0.2) is 0 Å². The summed E-state index contributed by atoms with van der Waals surface area (Å²) in [7, 11) is -3.24. The topological polar surface area (TPSA) is 77.8 Å². The first-order valence-corrected chi connectivity index (χ1v) is 5.79. The van der Waals surface area contributed by atoms with Gasteiger partial charge in [-0.05, 0) is 17.6 Å². The van der Waals surface area contributed by atoms with Crippen molar-refractivity contribution in [3.8, 4) is 0 Å². The van der Waals surface area contributed by atoms with Crippen molar-refractivity contribution in [1.29, 1.82) is 0 Å². The second-order valence-corrected chi connectivity index (χ2v) is 5.47. The van der Waals surface area contributed by atoms with E-state index in [1.807, 2.05) is 0 Å². The van der Waals surface area contributed by atoms with Gasteiger partial charge in [-0.1, -0.05) is 6.07 Å². The molecular formula is C8H11BFNO4S. The first-order chi connectivity index (χ1) is 7.26. The fourth-order valence-electron chi connectivity index (χ4n) is 1.07. The molecule has 0 radical (unpaired) electrons. The highest BCUT2D eigenvalue weighted by molar-refractivity contribution is 7.89. The molecule has 1 aromatic rings. The van der Waals surface area contributed by atoms with Gasteiger partial charge in [-0.15, -0.1) is 0 Å². The molecule has 0 atom stereocenters. The van der Waals surface area contributed by atoms with Gasteiger partial charge in [0, 0.05) is 14.1 Å². The van der Waals surface area contributed by atoms with Crippen LogP contribution in [0.2, 0.25) is 0 Å². The second-order valence-electron chi connectivity index (χ2n) is 3.35. The number of rotatable bonds is 3. The molecule has 1 rings (SSSR count). The number of hydrogen-bond donors (Lipinski definition) is 2. The normalized spacial score (nSPS) is 11.9. The molecule has 0 aromatic heterocycles. The van der Waals surface area contributed by atoms with Gasteiger partial charge in [-0.25, -0.2) is 17.1 Å². The van der Waals surface area contributed by atoms with Crippen LogP contribution in [0.5, 0.6) is 0 Å². The molecule has 0 aliphatic carbocycles. The minimum Gasteiger partial charge on any atom is -0.423 e. The summed E-state index contributed by atoms with van der Waals surface area (Å²) in [6.07, 6.45) is 0. The van der Waals surface area contributed by atoms with Crippen molar-refractivity contribution >= 4 is 22.6 Å². The van der Waals surface area contributed by atoms with Gasteiger partial charge in [0.2, 0.25) is 10.0 Å². The van der Waals surface area contributed by atoms with Gasteiger partial charge in [0.25, 0.3) is 0 Å². The molecule has 0 amide bonds. The van der Waals surface area contributed by atoms with Crippen molar-refractivity contribution in [1.82, 2.24) is 4.31 Å². The first kappa shape index (κ1) is 13.1. The summed E-state index contributed by atoms with van der Waals surface area (Å²) in [5.41, 5.74) is -0.0816. The number of nitrogens with zero attached hydrogens (tertiary/aromatic N) is 1. The van der Waals surface area contributed by atoms with Crippen molar-refractivity contribution in [2.75, 3.05) is 14.1 Å². The molecule has 8 heteroatoms. The van der Waals surface area contributed by atoms with Crippen molar-refractivity contribution in [2.45, 2.75) is 4.90 Å². The highest BCUT2D eigenvalue weighted by Gasteiger charge is 2.24. The Morgan fingerprint density at radius 3 is 2.31 bits per heavy atom. The average molecular weight is 247 g/mol. The van der Waals surface area contributed by atoms with E-state index in [-0.39, 0.29) is 5.46 Å². The molecule has 0 fully saturated rings. The zero-order valence-corrected chi connectivity index (χ0v) is 9.57. The predicted octanol–water partition coefficient (Wildman–Crippen LogP) is -1.24. The Bertz CT molecular complexity index is 489. The van der Waals surface area contributed by atoms with Crippen LogP contribution in [0.15, 0.2) is 23.1 Å². The Morgan fingerprint density at radius 2 is 1.88 bits per heavy atom. The van der Waals surface area contributed by atoms with Crippen LogP contribution >= 0.6 is 0 Å². The third-order valence-corrected chi connectivity index (χ3v) is 3.84. The smallest absolute Gasteiger partial charge is 0.423 e. The Hall–Kier alpha value is -0.955. The minimum absolute atomic E-state index is 0.0816. The summed E-state index contributed by atoms with van der Waals surface area (Å²) in [6, 6.07) is 2.88. The maximum atomic E-state index is 13.3. The summed E-state index contributed by atoms with van der Waals surface area (Å²) < 4.78 is 37.5. The van der Waals surface area contributed by atoms with E-state index < -0.39 is 27.9 Å². The zero-order chi connectivity index (χ0) is 12.5. The van der Waals surface area contributed by atoms with Gasteiger partial charge in [-0.2, -0.15) is 0 Å². The fourth-order valence-corrected chi connectivity index (χ4v) is 2.07. The number of benzene rings is 1. The van der Waals surface area contributed by atoms with Crippen LogP contribution in [-0.4, -0.2) is 44.0 Å². The molecule has 0 saturated heterocycles. The number of sulfonamides is 1. The maximum absolute atomic E-state index is 13.3. The Kier molecular flexibility index (Phi) is 3.69. The molecule has 1 aromatic carbocycles. The summed E-state index contributed by atoms with van der Waals surface area (Å²) in [6.45, 7) is 0. The highest BCUT2D eigenvalue weighted by atomic mass is 32.2. The zero-order valence-electron chi connectivity index (χ0n) is 8.75. The molecule has 0 unspecified atom stereocenters. The summed E-state index contributed by atoms with van der Waals surface area (Å²) in [5.74, 6) is -0.932. The lowest BCUT2D eigenvalue weighted by Crippen LogP contribution is -2.32. The third-order valence-electron chi connectivity index (χ3n) is 2.01. The lowest BCUT2D eigenvalue weighted by molar-refractivity contribution is 0.425. The second kappa shape index (κ2) is 4.50. The van der Waals surface area contributed by atoms with Crippen LogP contribution in [0.4, 0.5) is 4.39 Å². The maximum Gasteiger partial charge on any atom is 0.488 e. The largest absolute Gasteiger partial charge is 0.488 e. The van der Waals surface area contributed by atoms with E-state index in [9.17, 15) is 12.8 Å². The molecule has 5 nitrogen and oxygen atoms in total. The number of halogens is 1. The minimum atomic E-state index is -3.93. The Morgan fingerprint density at radius 1 is 1.31 bits per heavy atom. The van der Waals surface area contributed by atoms with Crippen molar-refractivity contribution < 1.29 is 22.9 Å². The molecule has 0 bridgehead atoms. The van der Waals surface area contributed by atoms with Crippen LogP contribution in [0.25, 0.3) is 0 Å². The van der Waals surface area contributed by atoms with Crippen LogP contribution in [0, 0.1) is 5.82 Å². The Balaban J connectivity index is 3.39. The summed E-state index contributed by atoms with van der Waals surface area (Å²) in [5, 5.41) is 17.7. The SMILES string of the molecule is CN(C)S(=O)(=O)c1cc(B(O)O)ccc1F. The van der Waals surface area contributed by atoms with Gasteiger partial charge in [0.1, 0.15) is 10.7 Å². The quantitative estimate of drug-likeness (QED) is 0.654. The van der Waals surface area contributed by atoms with Gasteiger partial charge >= 0.3 is 7.12 Å². The van der Waals surface area contributed by atoms with Gasteiger partial charge < -0.3 is 10.0 Å². The van der Waals surface area contributed by atoms with E-state index in [0.717, 1.165) is 22.5 Å². The van der Waals surface area contributed by atoms with Gasteiger partial charge in [0.05, 0.1) is 0 Å². The summed E-state index contributed by atoms with van der Waals surface area (Å²) in [4.78, 5) is -0.580. The average Bonchev–Trinajstić information content (AvgIpc) is 2.17. The van der Waals surface area contributed by atoms with E-state index in [0.29, 0.717) is 0 Å². The molecule has 88 valence electrons. The standard InChI is InChI=1S/C8H11BFNO4S/c1-11(2)16(14,15)8-5-6(9(12)13)3-4-7(8)10/h3-5,12-13H,1-2H3. The van der Waals surface area contributed by atoms with Crippen molar-refractivity contribution in [3.63, 3.8) is 0 Å². The van der Waals surface area contributed by atoms with Gasteiger partial charge in [-0.3, -0.25) is 0 Å². The van der Waals surface area contributed by atoms with Crippen molar-refractivity contribution in [3.05, 3.63) is 24.0 Å². The first-order valence-electron chi connectivity index (χ1n) is 4.35. The molecule has 0 aliphatic rings. The molecule has 0 spiro atoms. The highest BCUT2D eigenvalue weighted by Crippen LogP contribution is 2.15. The molecule has 0 saturated carbocycles. The predicted molar refractivity (Wildman–Crippen MR) is 57.1 cm³/mol. The molecular weight excluding hydrogens is 236 g/mol. The van der Waals surface area contributed by atoms with E-state index in [1.165, 1.54) is 14.1 Å². The third kappa shape index (κ3) is 2.41. The van der Waals surface area contributed by atoms with E-state index in [4.69, 9.17) is 10.0 Å². The lowest BCUT2D eigenvalue weighted by Gasteiger charge is -2.12.